The van der Waals surface area contributed by atoms with Crippen LogP contribution in [0.4, 0.5) is 30.2 Å². The van der Waals surface area contributed by atoms with E-state index in [4.69, 9.17) is 21.2 Å². The molecule has 0 aromatic heterocycles. The lowest BCUT2D eigenvalue weighted by Crippen LogP contribution is -2.52. The Labute approximate surface area is 592 Å². The molecular formula is C72H91ClF3N11O8S3. The SMILES string of the molecule is NS.O=C(CCCN1CCN(c2ccc3c(c2)CN(C2CCC(=O)NC2=O)C3=O)CC1)NCCCCNCC1CCC(c2ccc(Cl)cc2)=C(CN2CCN(c3ccc(C(=O)c4ccc(NC(CCN5CCCOCC5)CSc5ccccc5)c(OOSC(F)(F)F)c4)cc3)CC2)C1. The number of unbranched alkanes of at least 4 members (excludes halogenated alkanes) is 1. The topological polar surface area (TPSA) is 207 Å². The first kappa shape index (κ1) is 74.3. The molecule has 4 fully saturated rings. The van der Waals surface area contributed by atoms with Gasteiger partial charge in [0.15, 0.2) is 23.6 Å². The maximum absolute atomic E-state index is 14.1. The van der Waals surface area contributed by atoms with Gasteiger partial charge in [0.1, 0.15) is 6.04 Å². The molecule has 4 saturated heterocycles. The largest absolute Gasteiger partial charge is 0.471 e. The highest BCUT2D eigenvalue weighted by molar-refractivity contribution is 7.99. The fraction of sp³-hybridized carbons (Fsp3) is 0.486. The number of fused-ring (bicyclic) bond motifs is 1. The Kier molecular flexibility index (Phi) is 28.3. The molecule has 0 spiro atoms. The molecule has 6 N–H and O–H groups in total. The summed E-state index contributed by atoms with van der Waals surface area (Å²) in [4.78, 5) is 84.3. The molecule has 3 unspecified atom stereocenters. The van der Waals surface area contributed by atoms with Gasteiger partial charge in [-0.1, -0.05) is 47.5 Å². The van der Waals surface area contributed by atoms with Crippen molar-refractivity contribution < 1.29 is 51.1 Å². The van der Waals surface area contributed by atoms with Crippen molar-refractivity contribution in [3.05, 3.63) is 154 Å². The van der Waals surface area contributed by atoms with Crippen LogP contribution < -0.4 is 41.1 Å². The quantitative estimate of drug-likeness (QED) is 0.00369. The summed E-state index contributed by atoms with van der Waals surface area (Å²) < 4.78 is 50.2. The molecule has 19 nitrogen and oxygen atoms in total. The van der Waals surface area contributed by atoms with Crippen molar-refractivity contribution >= 4 is 100 Å². The Bertz CT molecular complexity index is 3470. The van der Waals surface area contributed by atoms with Crippen LogP contribution in [0.5, 0.6) is 5.75 Å². The standard InChI is InChI=1S/C72H88ClF3N10O8S2.H3NS/c73-57-17-12-52(13-18-57)62-22-11-51(47-77-28-4-5-29-78-67(87)10-6-30-82-33-37-85(38-34-82)60-21-23-63-56(45-60)49-86(71(63)91)65-25-26-68(88)80-70(65)90)44-55(62)48-83-35-39-84(40-36-83)59-19-14-53(15-20-59)69(89)54-16-24-64(66(46-54)93-94-96-72(74,75)76)79-58(50-95-61-8-2-1-3-9-61)27-32-81-31-7-42-92-43-41-81;1-2/h1-3,8-9,12-21,23-24,45-46,51,58,65,77,79H,4-7,10-11,22,25-44,47-50H2,(H,78,87)(H,80,88,90);2H,1H2. The molecule has 5 aromatic rings. The van der Waals surface area contributed by atoms with E-state index in [2.05, 4.69) is 86.3 Å². The number of allylic oxidation sites excluding steroid dienone is 1. The average molecular weight is 1430 g/mol. The average Bonchev–Trinajstić information content (AvgIpc) is 1.60. The number of benzene rings is 5. The number of thioether (sulfide) groups is 1. The van der Waals surface area contributed by atoms with Crippen molar-refractivity contribution in [1.29, 1.82) is 0 Å². The van der Waals surface area contributed by atoms with E-state index in [1.165, 1.54) is 22.8 Å². The summed E-state index contributed by atoms with van der Waals surface area (Å²) in [5.74, 6) is 0.0724. The van der Waals surface area contributed by atoms with Crippen LogP contribution in [-0.2, 0) is 30.0 Å². The van der Waals surface area contributed by atoms with Gasteiger partial charge in [0.25, 0.3) is 5.91 Å². The molecule has 5 aromatic carbocycles. The normalized spacial score (nSPS) is 19.3. The van der Waals surface area contributed by atoms with Gasteiger partial charge in [-0.25, -0.2) is 0 Å². The van der Waals surface area contributed by atoms with Gasteiger partial charge in [-0.05, 0) is 185 Å². The molecule has 0 saturated carbocycles. The second kappa shape index (κ2) is 37.4. The lowest BCUT2D eigenvalue weighted by atomic mass is 9.80. The van der Waals surface area contributed by atoms with E-state index in [1.807, 2.05) is 66.7 Å². The molecule has 26 heteroatoms. The number of alkyl halides is 3. The number of ether oxygens (including phenoxy) is 1. The predicted molar refractivity (Wildman–Crippen MR) is 386 cm³/mol. The van der Waals surface area contributed by atoms with E-state index < -0.39 is 29.5 Å². The number of carbonyl (C=O) groups is 5. The molecule has 528 valence electrons. The fourth-order valence-electron chi connectivity index (χ4n) is 13.7. The molecule has 0 radical (unpaired) electrons. The summed E-state index contributed by atoms with van der Waals surface area (Å²) in [5.41, 5.74) is 4.09. The Hall–Kier alpha value is -6.36. The number of nitrogens with two attached hydrogens (primary N) is 1. The lowest BCUT2D eigenvalue weighted by molar-refractivity contribution is -0.137. The van der Waals surface area contributed by atoms with Crippen molar-refractivity contribution in [1.82, 2.24) is 35.6 Å². The number of thiol groups is 1. The zero-order valence-electron chi connectivity index (χ0n) is 55.4. The number of anilines is 3. The van der Waals surface area contributed by atoms with Crippen LogP contribution >= 0.6 is 48.2 Å². The zero-order valence-corrected chi connectivity index (χ0v) is 58.7. The molecule has 1 aliphatic carbocycles. The fourth-order valence-corrected chi connectivity index (χ4v) is 15.0. The van der Waals surface area contributed by atoms with Gasteiger partial charge in [0.05, 0.1) is 12.3 Å². The number of nitrogens with zero attached hydrogens (tertiary/aromatic N) is 6. The molecule has 0 bridgehead atoms. The Morgan fingerprint density at radius 3 is 2.22 bits per heavy atom. The third kappa shape index (κ3) is 21.8. The van der Waals surface area contributed by atoms with Gasteiger partial charge in [-0.3, -0.25) is 44.2 Å². The van der Waals surface area contributed by atoms with Crippen LogP contribution in [0.3, 0.4) is 0 Å². The van der Waals surface area contributed by atoms with E-state index in [-0.39, 0.29) is 47.3 Å². The minimum atomic E-state index is -4.70. The number of rotatable bonds is 30. The second-order valence-corrected chi connectivity index (χ2v) is 28.0. The Morgan fingerprint density at radius 2 is 1.47 bits per heavy atom. The van der Waals surface area contributed by atoms with Crippen LogP contribution in [0.1, 0.15) is 108 Å². The number of halogens is 4. The summed E-state index contributed by atoms with van der Waals surface area (Å²) in [6, 6.07) is 35.7. The van der Waals surface area contributed by atoms with Gasteiger partial charge < -0.3 is 45.2 Å². The lowest BCUT2D eigenvalue weighted by Gasteiger charge is -2.38. The third-order valence-corrected chi connectivity index (χ3v) is 20.8. The number of hydrogen-bond acceptors (Lipinski definition) is 19. The van der Waals surface area contributed by atoms with Gasteiger partial charge in [0, 0.05) is 161 Å². The number of piperazine rings is 2. The predicted octanol–water partition coefficient (Wildman–Crippen LogP) is 10.7. The molecule has 11 rings (SSSR count). The second-order valence-electron chi connectivity index (χ2n) is 25.7. The molecule has 5 aliphatic heterocycles. The van der Waals surface area contributed by atoms with Crippen molar-refractivity contribution in [3.8, 4) is 5.75 Å². The Morgan fingerprint density at radius 1 is 0.755 bits per heavy atom. The van der Waals surface area contributed by atoms with Gasteiger partial charge >= 0.3 is 5.51 Å². The van der Waals surface area contributed by atoms with Gasteiger partial charge in [-0.2, -0.15) is 13.2 Å². The van der Waals surface area contributed by atoms with E-state index in [9.17, 15) is 37.1 Å². The van der Waals surface area contributed by atoms with Crippen LogP contribution in [0, 0.1) is 5.92 Å². The monoisotopic (exact) mass is 1430 g/mol. The smallest absolute Gasteiger partial charge is 0.380 e. The summed E-state index contributed by atoms with van der Waals surface area (Å²) >= 11 is 10.3. The molecular weight excluding hydrogens is 1340 g/mol. The van der Waals surface area contributed by atoms with Gasteiger partial charge in [0.2, 0.25) is 17.7 Å². The van der Waals surface area contributed by atoms with E-state index in [1.54, 1.807) is 40.9 Å². The van der Waals surface area contributed by atoms with Crippen molar-refractivity contribution in [2.24, 2.45) is 11.1 Å². The van der Waals surface area contributed by atoms with Gasteiger partial charge in [-0.15, -0.1) is 28.9 Å². The number of nitrogens with one attached hydrogen (secondary N) is 4. The number of ketones is 1. The van der Waals surface area contributed by atoms with E-state index in [0.717, 1.165) is 183 Å². The number of imide groups is 1. The summed E-state index contributed by atoms with van der Waals surface area (Å²) in [5, 5.41) is 17.7. The summed E-state index contributed by atoms with van der Waals surface area (Å²) in [6.45, 7) is 15.3. The Balaban J connectivity index is 0.00000516. The minimum Gasteiger partial charge on any atom is -0.380 e. The van der Waals surface area contributed by atoms with Crippen LogP contribution in [0.15, 0.2) is 126 Å². The number of hydrogen-bond donors (Lipinski definition) is 6. The molecule has 98 heavy (non-hydrogen) atoms. The first-order chi connectivity index (χ1) is 47.6. The maximum Gasteiger partial charge on any atom is 0.471 e. The number of amides is 4. The van der Waals surface area contributed by atoms with Crippen LogP contribution in [0.2, 0.25) is 5.02 Å². The van der Waals surface area contributed by atoms with E-state index >= 15 is 0 Å². The molecule has 4 amide bonds. The maximum atomic E-state index is 14.1. The molecule has 3 atom stereocenters. The first-order valence-electron chi connectivity index (χ1n) is 34.2. The highest BCUT2D eigenvalue weighted by Crippen LogP contribution is 2.39. The number of carbonyl (C=O) groups excluding carboxylic acids is 5. The van der Waals surface area contributed by atoms with Crippen LogP contribution in [-0.4, -0.2) is 190 Å². The van der Waals surface area contributed by atoms with Crippen LogP contribution in [0.25, 0.3) is 5.57 Å². The number of piperidine rings is 1. The van der Waals surface area contributed by atoms with E-state index in [0.29, 0.717) is 61.0 Å². The summed E-state index contributed by atoms with van der Waals surface area (Å²) in [6.07, 6.45) is 8.53. The van der Waals surface area contributed by atoms with Crippen molar-refractivity contribution in [2.45, 2.75) is 99.7 Å². The molecule has 6 aliphatic rings. The van der Waals surface area contributed by atoms with Crippen molar-refractivity contribution in [3.63, 3.8) is 0 Å². The third-order valence-electron chi connectivity index (χ3n) is 19.1. The summed E-state index contributed by atoms with van der Waals surface area (Å²) in [7, 11) is 0. The zero-order chi connectivity index (χ0) is 68.8. The van der Waals surface area contributed by atoms with Crippen molar-refractivity contribution in [2.75, 3.05) is 139 Å². The highest BCUT2D eigenvalue weighted by atomic mass is 35.5. The minimum absolute atomic E-state index is 0.0261. The first-order valence-corrected chi connectivity index (χ1v) is 36.8. The highest BCUT2D eigenvalue weighted by Gasteiger charge is 2.40. The molecule has 5 heterocycles.